The fourth-order valence-corrected chi connectivity index (χ4v) is 5.86. The molecule has 7 heteroatoms. The first-order valence-electron chi connectivity index (χ1n) is 12.5. The van der Waals surface area contributed by atoms with Crippen LogP contribution in [-0.2, 0) is 22.5 Å². The highest BCUT2D eigenvalue weighted by Crippen LogP contribution is 2.28. The number of amides is 1. The van der Waals surface area contributed by atoms with Gasteiger partial charge in [0.1, 0.15) is 5.82 Å². The Hall–Kier alpha value is -1.99. The van der Waals surface area contributed by atoms with E-state index < -0.39 is 0 Å². The fourth-order valence-electron chi connectivity index (χ4n) is 5.86. The van der Waals surface area contributed by atoms with Crippen LogP contribution in [0.2, 0.25) is 0 Å². The maximum atomic E-state index is 13.0. The molecule has 7 nitrogen and oxygen atoms in total. The van der Waals surface area contributed by atoms with Gasteiger partial charge in [-0.05, 0) is 57.4 Å². The van der Waals surface area contributed by atoms with Crippen molar-refractivity contribution in [2.45, 2.75) is 63.8 Å². The number of piperidine rings is 1. The number of likely N-dealkylation sites (tertiary alicyclic amines) is 1. The zero-order valence-electron chi connectivity index (χ0n) is 19.1. The predicted octanol–water partition coefficient (Wildman–Crippen LogP) is 2.62. The van der Waals surface area contributed by atoms with Gasteiger partial charge in [-0.2, -0.15) is 0 Å². The van der Waals surface area contributed by atoms with Crippen LogP contribution in [0.25, 0.3) is 0 Å². The molecular formula is C25H36N4O3. The molecule has 3 aliphatic heterocycles. The molecule has 32 heavy (non-hydrogen) atoms. The molecule has 2 unspecified atom stereocenters. The van der Waals surface area contributed by atoms with Gasteiger partial charge < -0.3 is 19.5 Å². The zero-order chi connectivity index (χ0) is 21.9. The molecule has 1 aromatic rings. The summed E-state index contributed by atoms with van der Waals surface area (Å²) >= 11 is 0. The van der Waals surface area contributed by atoms with Gasteiger partial charge in [0.05, 0.1) is 17.8 Å². The van der Waals surface area contributed by atoms with E-state index >= 15 is 0 Å². The topological polar surface area (TPSA) is 78.5 Å². The molecule has 0 spiro atoms. The highest BCUT2D eigenvalue weighted by atomic mass is 16.5. The molecule has 0 radical (unpaired) electrons. The van der Waals surface area contributed by atoms with Crippen molar-refractivity contribution in [3.8, 4) is 0 Å². The Bertz CT molecular complexity index is 905. The minimum Gasteiger partial charge on any atom is -0.381 e. The molecule has 0 saturated carbocycles. The van der Waals surface area contributed by atoms with E-state index in [-0.39, 0.29) is 17.4 Å². The third-order valence-corrected chi connectivity index (χ3v) is 7.76. The van der Waals surface area contributed by atoms with Gasteiger partial charge in [-0.1, -0.05) is 12.2 Å². The minimum atomic E-state index is -0.0518. The van der Waals surface area contributed by atoms with Crippen molar-refractivity contribution in [2.75, 3.05) is 39.4 Å². The van der Waals surface area contributed by atoms with Crippen LogP contribution in [-0.4, -0.2) is 65.1 Å². The molecule has 4 heterocycles. The second kappa shape index (κ2) is 9.87. The first kappa shape index (κ1) is 21.8. The van der Waals surface area contributed by atoms with Crippen molar-refractivity contribution in [1.29, 1.82) is 0 Å². The lowest BCUT2D eigenvalue weighted by Crippen LogP contribution is -2.44. The van der Waals surface area contributed by atoms with E-state index in [1.807, 2.05) is 4.90 Å². The first-order chi connectivity index (χ1) is 15.7. The van der Waals surface area contributed by atoms with Crippen molar-refractivity contribution in [2.24, 2.45) is 11.8 Å². The number of aromatic nitrogens is 2. The van der Waals surface area contributed by atoms with Crippen LogP contribution in [0, 0.1) is 11.8 Å². The van der Waals surface area contributed by atoms with E-state index in [9.17, 15) is 9.59 Å². The molecule has 0 bridgehead atoms. The van der Waals surface area contributed by atoms with E-state index in [4.69, 9.17) is 9.72 Å². The molecule has 4 aliphatic rings. The molecule has 2 atom stereocenters. The summed E-state index contributed by atoms with van der Waals surface area (Å²) < 4.78 is 5.39. The summed E-state index contributed by atoms with van der Waals surface area (Å²) in [6.07, 6.45) is 12.8. The van der Waals surface area contributed by atoms with Gasteiger partial charge in [-0.15, -0.1) is 0 Å². The molecule has 2 saturated heterocycles. The van der Waals surface area contributed by atoms with Crippen LogP contribution in [0.1, 0.15) is 67.9 Å². The van der Waals surface area contributed by atoms with Gasteiger partial charge in [0.15, 0.2) is 0 Å². The van der Waals surface area contributed by atoms with Crippen molar-refractivity contribution < 1.29 is 9.53 Å². The normalized spacial score (nSPS) is 27.3. The summed E-state index contributed by atoms with van der Waals surface area (Å²) in [5, 5.41) is 0. The van der Waals surface area contributed by atoms with Crippen LogP contribution in [0.15, 0.2) is 16.9 Å². The van der Waals surface area contributed by atoms with Gasteiger partial charge >= 0.3 is 0 Å². The molecule has 0 aromatic carbocycles. The summed E-state index contributed by atoms with van der Waals surface area (Å²) in [4.78, 5) is 38.4. The van der Waals surface area contributed by atoms with Crippen molar-refractivity contribution in [1.82, 2.24) is 19.8 Å². The average Bonchev–Trinajstić information content (AvgIpc) is 2.85. The van der Waals surface area contributed by atoms with Gasteiger partial charge in [0.25, 0.3) is 5.56 Å². The number of hydrogen-bond donors (Lipinski definition) is 1. The molecular weight excluding hydrogens is 404 g/mol. The lowest BCUT2D eigenvalue weighted by atomic mass is 9.91. The van der Waals surface area contributed by atoms with E-state index in [1.165, 1.54) is 19.3 Å². The Kier molecular flexibility index (Phi) is 6.74. The number of ether oxygens (including phenoxy) is 1. The summed E-state index contributed by atoms with van der Waals surface area (Å²) in [7, 11) is 0. The Morgan fingerprint density at radius 3 is 2.84 bits per heavy atom. The van der Waals surface area contributed by atoms with Crippen LogP contribution in [0.3, 0.4) is 0 Å². The van der Waals surface area contributed by atoms with Gasteiger partial charge in [0, 0.05) is 51.1 Å². The SMILES string of the molecule is O=C(C1CCOCC1)N1CCc2nc(C3CCCN(CC4CC=CCC4)C3)[nH]c(=O)c2C1. The van der Waals surface area contributed by atoms with Crippen molar-refractivity contribution in [3.63, 3.8) is 0 Å². The summed E-state index contributed by atoms with van der Waals surface area (Å²) in [6, 6.07) is 0. The number of carbonyl (C=O) groups is 1. The maximum absolute atomic E-state index is 13.0. The first-order valence-corrected chi connectivity index (χ1v) is 12.5. The number of aromatic amines is 1. The molecule has 5 rings (SSSR count). The van der Waals surface area contributed by atoms with Crippen LogP contribution in [0.4, 0.5) is 0 Å². The predicted molar refractivity (Wildman–Crippen MR) is 122 cm³/mol. The highest BCUT2D eigenvalue weighted by molar-refractivity contribution is 5.79. The summed E-state index contributed by atoms with van der Waals surface area (Å²) in [6.45, 7) is 5.64. The largest absolute Gasteiger partial charge is 0.381 e. The Morgan fingerprint density at radius 2 is 2.03 bits per heavy atom. The fraction of sp³-hybridized carbons (Fsp3) is 0.720. The number of fused-ring (bicyclic) bond motifs is 1. The molecule has 1 aliphatic carbocycles. The lowest BCUT2D eigenvalue weighted by Gasteiger charge is -2.35. The van der Waals surface area contributed by atoms with E-state index in [0.717, 1.165) is 62.8 Å². The van der Waals surface area contributed by atoms with E-state index in [0.29, 0.717) is 44.2 Å². The van der Waals surface area contributed by atoms with Crippen LogP contribution >= 0.6 is 0 Å². The van der Waals surface area contributed by atoms with E-state index in [1.54, 1.807) is 0 Å². The number of rotatable bonds is 4. The van der Waals surface area contributed by atoms with Gasteiger partial charge in [-0.3, -0.25) is 9.59 Å². The number of nitrogens with zero attached hydrogens (tertiary/aromatic N) is 3. The van der Waals surface area contributed by atoms with Gasteiger partial charge in [0.2, 0.25) is 5.91 Å². The van der Waals surface area contributed by atoms with Crippen LogP contribution in [0.5, 0.6) is 0 Å². The number of H-pyrrole nitrogens is 1. The highest BCUT2D eigenvalue weighted by Gasteiger charge is 2.32. The van der Waals surface area contributed by atoms with Gasteiger partial charge in [-0.25, -0.2) is 4.98 Å². The minimum absolute atomic E-state index is 0.0319. The summed E-state index contributed by atoms with van der Waals surface area (Å²) in [5.74, 6) is 2.11. The third-order valence-electron chi connectivity index (χ3n) is 7.76. The lowest BCUT2D eigenvalue weighted by molar-refractivity contribution is -0.139. The monoisotopic (exact) mass is 440 g/mol. The Balaban J connectivity index is 1.25. The number of allylic oxidation sites excluding steroid dienone is 2. The quantitative estimate of drug-likeness (QED) is 0.728. The zero-order valence-corrected chi connectivity index (χ0v) is 19.1. The number of carbonyl (C=O) groups excluding carboxylic acids is 1. The van der Waals surface area contributed by atoms with Crippen molar-refractivity contribution >= 4 is 5.91 Å². The molecule has 174 valence electrons. The molecule has 1 amide bonds. The summed E-state index contributed by atoms with van der Waals surface area (Å²) in [5.41, 5.74) is 1.53. The Morgan fingerprint density at radius 1 is 1.16 bits per heavy atom. The number of nitrogens with one attached hydrogen (secondary N) is 1. The third kappa shape index (κ3) is 4.84. The van der Waals surface area contributed by atoms with E-state index in [2.05, 4.69) is 22.0 Å². The smallest absolute Gasteiger partial charge is 0.256 e. The molecule has 2 fully saturated rings. The molecule has 1 aromatic heterocycles. The van der Waals surface area contributed by atoms with Crippen LogP contribution < -0.4 is 5.56 Å². The van der Waals surface area contributed by atoms with Crippen molar-refractivity contribution in [3.05, 3.63) is 39.6 Å². The second-order valence-corrected chi connectivity index (χ2v) is 10.0. The second-order valence-electron chi connectivity index (χ2n) is 10.0. The maximum Gasteiger partial charge on any atom is 0.256 e. The average molecular weight is 441 g/mol. The Labute approximate surface area is 190 Å². The number of hydrogen-bond acceptors (Lipinski definition) is 5. The molecule has 1 N–H and O–H groups in total. The standard InChI is InChI=1S/C25H36N4O3/c30-24-21-17-29(25(31)19-9-13-32-14-10-19)12-8-22(21)26-23(27-24)20-7-4-11-28(16-20)15-18-5-2-1-3-6-18/h1-2,18-20H,3-17H2,(H,26,27,30).